The summed E-state index contributed by atoms with van der Waals surface area (Å²) in [6, 6.07) is 12.2. The van der Waals surface area contributed by atoms with E-state index < -0.39 is 0 Å². The molecule has 7 heteroatoms. The van der Waals surface area contributed by atoms with Crippen molar-refractivity contribution in [1.82, 2.24) is 4.90 Å². The van der Waals surface area contributed by atoms with Gasteiger partial charge in [-0.3, -0.25) is 9.59 Å². The molecule has 0 unspecified atom stereocenters. The van der Waals surface area contributed by atoms with Gasteiger partial charge in [0.15, 0.2) is 0 Å². The van der Waals surface area contributed by atoms with Gasteiger partial charge >= 0.3 is 0 Å². The van der Waals surface area contributed by atoms with Crippen LogP contribution < -0.4 is 10.1 Å². The molecule has 2 rings (SSSR count). The summed E-state index contributed by atoms with van der Waals surface area (Å²) >= 11 is 12.0. The quantitative estimate of drug-likeness (QED) is 0.630. The second-order valence-electron chi connectivity index (χ2n) is 6.24. The van der Waals surface area contributed by atoms with Gasteiger partial charge in [-0.1, -0.05) is 42.3 Å². The number of anilines is 1. The van der Waals surface area contributed by atoms with Crippen molar-refractivity contribution < 1.29 is 14.3 Å². The standard InChI is InChI=1S/C21H24Cl2N2O3/c1-3-11-25(14-20(26)24-19-10-7-16(22)13-18(19)23)21(27)12-15-5-8-17(9-6-15)28-4-2/h5-10,13H,3-4,11-12,14H2,1-2H3,(H,24,26). The van der Waals surface area contributed by atoms with Gasteiger partial charge in [0.25, 0.3) is 0 Å². The first-order chi connectivity index (χ1) is 13.4. The molecule has 2 aromatic carbocycles. The van der Waals surface area contributed by atoms with Crippen molar-refractivity contribution in [2.24, 2.45) is 0 Å². The maximum Gasteiger partial charge on any atom is 0.244 e. The third kappa shape index (κ3) is 6.73. The van der Waals surface area contributed by atoms with E-state index in [4.69, 9.17) is 27.9 Å². The Balaban J connectivity index is 1.98. The Morgan fingerprint density at radius 2 is 1.79 bits per heavy atom. The highest BCUT2D eigenvalue weighted by Gasteiger charge is 2.17. The minimum Gasteiger partial charge on any atom is -0.494 e. The Kier molecular flexibility index (Phi) is 8.61. The molecule has 0 atom stereocenters. The van der Waals surface area contributed by atoms with E-state index in [0.717, 1.165) is 17.7 Å². The minimum atomic E-state index is -0.308. The number of hydrogen-bond acceptors (Lipinski definition) is 3. The Hall–Kier alpha value is -2.24. The molecule has 1 N–H and O–H groups in total. The fraction of sp³-hybridized carbons (Fsp3) is 0.333. The van der Waals surface area contributed by atoms with Gasteiger partial charge in [0, 0.05) is 11.6 Å². The number of carbonyl (C=O) groups excluding carboxylic acids is 2. The molecule has 2 amide bonds. The molecular formula is C21H24Cl2N2O3. The fourth-order valence-corrected chi connectivity index (χ4v) is 3.13. The molecular weight excluding hydrogens is 399 g/mol. The van der Waals surface area contributed by atoms with E-state index in [2.05, 4.69) is 5.32 Å². The van der Waals surface area contributed by atoms with E-state index in [1.54, 1.807) is 23.1 Å². The second-order valence-corrected chi connectivity index (χ2v) is 7.09. The molecule has 0 spiro atoms. The second kappa shape index (κ2) is 10.9. The van der Waals surface area contributed by atoms with E-state index in [1.165, 1.54) is 0 Å². The van der Waals surface area contributed by atoms with Gasteiger partial charge in [-0.15, -0.1) is 0 Å². The van der Waals surface area contributed by atoms with Gasteiger partial charge in [0.2, 0.25) is 11.8 Å². The monoisotopic (exact) mass is 422 g/mol. The first-order valence-corrected chi connectivity index (χ1v) is 9.93. The van der Waals surface area contributed by atoms with Gasteiger partial charge in [0.05, 0.1) is 30.3 Å². The summed E-state index contributed by atoms with van der Waals surface area (Å²) in [5, 5.41) is 3.56. The van der Waals surface area contributed by atoms with Crippen molar-refractivity contribution in [3.8, 4) is 5.75 Å². The Labute approximate surface area is 175 Å². The molecule has 2 aromatic rings. The molecule has 0 aliphatic carbocycles. The van der Waals surface area contributed by atoms with Gasteiger partial charge in [0.1, 0.15) is 5.75 Å². The van der Waals surface area contributed by atoms with Crippen LogP contribution >= 0.6 is 23.2 Å². The lowest BCUT2D eigenvalue weighted by Crippen LogP contribution is -2.39. The topological polar surface area (TPSA) is 58.6 Å². The summed E-state index contributed by atoms with van der Waals surface area (Å²) in [6.07, 6.45) is 0.978. The lowest BCUT2D eigenvalue weighted by molar-refractivity contribution is -0.134. The lowest BCUT2D eigenvalue weighted by atomic mass is 10.1. The molecule has 5 nitrogen and oxygen atoms in total. The van der Waals surface area contributed by atoms with E-state index in [-0.39, 0.29) is 24.8 Å². The number of ether oxygens (including phenoxy) is 1. The van der Waals surface area contributed by atoms with Crippen LogP contribution in [0.2, 0.25) is 10.0 Å². The number of rotatable bonds is 9. The van der Waals surface area contributed by atoms with Crippen LogP contribution in [0.3, 0.4) is 0 Å². The zero-order valence-electron chi connectivity index (χ0n) is 16.0. The molecule has 0 heterocycles. The molecule has 0 aromatic heterocycles. The summed E-state index contributed by atoms with van der Waals surface area (Å²) < 4.78 is 5.41. The average Bonchev–Trinajstić information content (AvgIpc) is 2.65. The van der Waals surface area contributed by atoms with Gasteiger partial charge in [-0.2, -0.15) is 0 Å². The fourth-order valence-electron chi connectivity index (χ4n) is 2.67. The molecule has 28 heavy (non-hydrogen) atoms. The highest BCUT2D eigenvalue weighted by atomic mass is 35.5. The summed E-state index contributed by atoms with van der Waals surface area (Å²) in [4.78, 5) is 26.6. The molecule has 0 saturated heterocycles. The molecule has 0 saturated carbocycles. The number of nitrogens with one attached hydrogen (secondary N) is 1. The van der Waals surface area contributed by atoms with Crippen molar-refractivity contribution in [2.45, 2.75) is 26.7 Å². The van der Waals surface area contributed by atoms with Crippen molar-refractivity contribution in [2.75, 3.05) is 25.0 Å². The minimum absolute atomic E-state index is 0.0390. The summed E-state index contributed by atoms with van der Waals surface area (Å²) in [6.45, 7) is 4.93. The number of halogens is 2. The van der Waals surface area contributed by atoms with Crippen molar-refractivity contribution >= 4 is 40.7 Å². The van der Waals surface area contributed by atoms with Crippen LogP contribution in [-0.2, 0) is 16.0 Å². The van der Waals surface area contributed by atoms with E-state index in [9.17, 15) is 9.59 Å². The lowest BCUT2D eigenvalue weighted by Gasteiger charge is -2.22. The van der Waals surface area contributed by atoms with E-state index in [1.807, 2.05) is 38.1 Å². The van der Waals surface area contributed by atoms with E-state index in [0.29, 0.717) is 28.9 Å². The van der Waals surface area contributed by atoms with Crippen LogP contribution in [0.15, 0.2) is 42.5 Å². The molecule has 0 bridgehead atoms. The first-order valence-electron chi connectivity index (χ1n) is 9.17. The van der Waals surface area contributed by atoms with Crippen LogP contribution in [0.5, 0.6) is 5.75 Å². The normalized spacial score (nSPS) is 10.4. The summed E-state index contributed by atoms with van der Waals surface area (Å²) in [5.74, 6) is 0.351. The largest absolute Gasteiger partial charge is 0.494 e. The smallest absolute Gasteiger partial charge is 0.244 e. The number of carbonyl (C=O) groups is 2. The maximum atomic E-state index is 12.7. The van der Waals surface area contributed by atoms with Crippen LogP contribution in [0, 0.1) is 0 Å². The molecule has 0 aliphatic heterocycles. The molecule has 0 aliphatic rings. The number of benzene rings is 2. The Bertz CT molecular complexity index is 810. The molecule has 0 fully saturated rings. The van der Waals surface area contributed by atoms with Crippen LogP contribution in [0.25, 0.3) is 0 Å². The zero-order chi connectivity index (χ0) is 20.5. The first kappa shape index (κ1) is 22.1. The zero-order valence-corrected chi connectivity index (χ0v) is 17.5. The van der Waals surface area contributed by atoms with Crippen LogP contribution in [0.1, 0.15) is 25.8 Å². The summed E-state index contributed by atoms with van der Waals surface area (Å²) in [7, 11) is 0. The van der Waals surface area contributed by atoms with Crippen molar-refractivity contribution in [3.63, 3.8) is 0 Å². The molecule has 0 radical (unpaired) electrons. The number of nitrogens with zero attached hydrogens (tertiary/aromatic N) is 1. The Morgan fingerprint density at radius 3 is 2.39 bits per heavy atom. The maximum absolute atomic E-state index is 12.7. The van der Waals surface area contributed by atoms with Gasteiger partial charge in [-0.05, 0) is 49.2 Å². The third-order valence-corrected chi connectivity index (χ3v) is 4.52. The average molecular weight is 423 g/mol. The van der Waals surface area contributed by atoms with Crippen LogP contribution in [0.4, 0.5) is 5.69 Å². The van der Waals surface area contributed by atoms with Crippen LogP contribution in [-0.4, -0.2) is 36.4 Å². The highest BCUT2D eigenvalue weighted by molar-refractivity contribution is 6.36. The Morgan fingerprint density at radius 1 is 1.07 bits per heavy atom. The molecule has 150 valence electrons. The van der Waals surface area contributed by atoms with Crippen molar-refractivity contribution in [3.05, 3.63) is 58.1 Å². The van der Waals surface area contributed by atoms with Crippen molar-refractivity contribution in [1.29, 1.82) is 0 Å². The number of amides is 2. The predicted octanol–water partition coefficient (Wildman–Crippen LogP) is 4.81. The third-order valence-electron chi connectivity index (χ3n) is 3.98. The van der Waals surface area contributed by atoms with Gasteiger partial charge < -0.3 is 15.0 Å². The predicted molar refractivity (Wildman–Crippen MR) is 113 cm³/mol. The van der Waals surface area contributed by atoms with E-state index >= 15 is 0 Å². The SMILES string of the molecule is CCCN(CC(=O)Nc1ccc(Cl)cc1Cl)C(=O)Cc1ccc(OCC)cc1. The highest BCUT2D eigenvalue weighted by Crippen LogP contribution is 2.25. The van der Waals surface area contributed by atoms with Gasteiger partial charge in [-0.25, -0.2) is 0 Å². The summed E-state index contributed by atoms with van der Waals surface area (Å²) in [5.41, 5.74) is 1.34. The number of hydrogen-bond donors (Lipinski definition) is 1.